The predicted octanol–water partition coefficient (Wildman–Crippen LogP) is 6.08. The third-order valence-corrected chi connectivity index (χ3v) is 6.67. The fourth-order valence-corrected chi connectivity index (χ4v) is 4.90. The molecule has 0 bridgehead atoms. The summed E-state index contributed by atoms with van der Waals surface area (Å²) in [7, 11) is 0. The molecule has 0 spiro atoms. The van der Waals surface area contributed by atoms with Crippen molar-refractivity contribution in [3.63, 3.8) is 0 Å². The second-order valence-corrected chi connectivity index (χ2v) is 9.21. The van der Waals surface area contributed by atoms with Crippen molar-refractivity contribution in [3.8, 4) is 5.69 Å². The lowest BCUT2D eigenvalue weighted by atomic mass is 9.99. The molecule has 1 saturated heterocycles. The van der Waals surface area contributed by atoms with Crippen LogP contribution in [0.25, 0.3) is 5.69 Å². The summed E-state index contributed by atoms with van der Waals surface area (Å²) in [5.41, 5.74) is 5.03. The van der Waals surface area contributed by atoms with Crippen LogP contribution in [0, 0.1) is 10.1 Å². The molecule has 1 fully saturated rings. The molecule has 5 rings (SSSR count). The van der Waals surface area contributed by atoms with E-state index < -0.39 is 0 Å². The Morgan fingerprint density at radius 1 is 0.971 bits per heavy atom. The van der Waals surface area contributed by atoms with E-state index in [0.29, 0.717) is 11.0 Å². The first-order chi connectivity index (χ1) is 16.9. The van der Waals surface area contributed by atoms with E-state index in [1.54, 1.807) is 18.3 Å². The number of pyridine rings is 1. The fraction of sp³-hybridized carbons (Fsp3) is 0.185. The zero-order valence-electron chi connectivity index (χ0n) is 19.4. The maximum Gasteiger partial charge on any atom is 0.269 e. The fourth-order valence-electron chi connectivity index (χ4n) is 4.56. The molecular weight excluding hydrogens is 458 g/mol. The number of thiocarbonyl (C=S) groups is 1. The standard InChI is InChI=1S/C27H25N5O2S/c1-18(2)19-8-10-21(11-9-19)31-26(25(29-27(31)35)23-6-3-4-16-28-23)24-7-5-17-30(24)20-12-14-22(15-13-20)32(33)34/h3-18,25-26H,1-2H3,(H,29,35)/t25-,26-/m1/s1. The number of nitro groups is 1. The van der Waals surface area contributed by atoms with E-state index in [1.807, 2.05) is 30.5 Å². The van der Waals surface area contributed by atoms with Crippen molar-refractivity contribution < 1.29 is 4.92 Å². The van der Waals surface area contributed by atoms with Crippen LogP contribution in [0.3, 0.4) is 0 Å². The van der Waals surface area contributed by atoms with Gasteiger partial charge in [-0.2, -0.15) is 0 Å². The van der Waals surface area contributed by atoms with Gasteiger partial charge in [-0.15, -0.1) is 0 Å². The number of hydrogen-bond donors (Lipinski definition) is 1. The van der Waals surface area contributed by atoms with Crippen LogP contribution >= 0.6 is 12.2 Å². The zero-order valence-corrected chi connectivity index (χ0v) is 20.2. The number of rotatable bonds is 6. The van der Waals surface area contributed by atoms with Crippen LogP contribution in [-0.2, 0) is 0 Å². The van der Waals surface area contributed by atoms with Gasteiger partial charge in [-0.3, -0.25) is 15.1 Å². The molecule has 0 saturated carbocycles. The number of benzene rings is 2. The Morgan fingerprint density at radius 2 is 1.69 bits per heavy atom. The molecule has 8 heteroatoms. The summed E-state index contributed by atoms with van der Waals surface area (Å²) in [5.74, 6) is 0.434. The van der Waals surface area contributed by atoms with E-state index in [0.717, 1.165) is 22.8 Å². The Hall–Kier alpha value is -4.04. The second kappa shape index (κ2) is 9.31. The molecule has 0 unspecified atom stereocenters. The van der Waals surface area contributed by atoms with Crippen molar-refractivity contribution in [2.24, 2.45) is 0 Å². The highest BCUT2D eigenvalue weighted by Gasteiger charge is 2.42. The average molecular weight is 484 g/mol. The van der Waals surface area contributed by atoms with Gasteiger partial charge in [0.05, 0.1) is 16.7 Å². The number of aromatic nitrogens is 2. The normalized spacial score (nSPS) is 17.6. The van der Waals surface area contributed by atoms with Crippen LogP contribution in [0.4, 0.5) is 11.4 Å². The van der Waals surface area contributed by atoms with Gasteiger partial charge in [-0.1, -0.05) is 32.0 Å². The van der Waals surface area contributed by atoms with Crippen LogP contribution < -0.4 is 10.2 Å². The first kappa shape index (κ1) is 22.7. The predicted molar refractivity (Wildman–Crippen MR) is 141 cm³/mol. The van der Waals surface area contributed by atoms with Crippen LogP contribution in [0.1, 0.15) is 48.8 Å². The minimum Gasteiger partial charge on any atom is -0.351 e. The summed E-state index contributed by atoms with van der Waals surface area (Å²) < 4.78 is 2.05. The number of nitro benzene ring substituents is 1. The summed E-state index contributed by atoms with van der Waals surface area (Å²) in [6.07, 6.45) is 3.75. The van der Waals surface area contributed by atoms with Crippen molar-refractivity contribution in [2.45, 2.75) is 31.8 Å². The molecule has 2 atom stereocenters. The van der Waals surface area contributed by atoms with E-state index in [9.17, 15) is 10.1 Å². The number of nitrogens with one attached hydrogen (secondary N) is 1. The van der Waals surface area contributed by atoms with Gasteiger partial charge in [0.2, 0.25) is 0 Å². The largest absolute Gasteiger partial charge is 0.351 e. The minimum absolute atomic E-state index is 0.0596. The summed E-state index contributed by atoms with van der Waals surface area (Å²) in [6, 6.07) is 24.6. The van der Waals surface area contributed by atoms with Gasteiger partial charge in [0.25, 0.3) is 5.69 Å². The molecule has 1 aliphatic heterocycles. The summed E-state index contributed by atoms with van der Waals surface area (Å²) in [4.78, 5) is 17.5. The Balaban J connectivity index is 1.62. The molecule has 2 aromatic heterocycles. The molecule has 0 amide bonds. The highest BCUT2D eigenvalue weighted by molar-refractivity contribution is 7.80. The Bertz CT molecular complexity index is 1350. The van der Waals surface area contributed by atoms with Gasteiger partial charge in [-0.25, -0.2) is 0 Å². The molecule has 176 valence electrons. The molecule has 35 heavy (non-hydrogen) atoms. The van der Waals surface area contributed by atoms with E-state index in [-0.39, 0.29) is 22.7 Å². The van der Waals surface area contributed by atoms with Crippen LogP contribution in [-0.4, -0.2) is 19.6 Å². The first-order valence-electron chi connectivity index (χ1n) is 11.5. The van der Waals surface area contributed by atoms with Crippen molar-refractivity contribution >= 4 is 28.7 Å². The molecule has 0 radical (unpaired) electrons. The summed E-state index contributed by atoms with van der Waals surface area (Å²) in [6.45, 7) is 4.35. The zero-order chi connectivity index (χ0) is 24.5. The van der Waals surface area contributed by atoms with Crippen LogP contribution in [0.2, 0.25) is 0 Å². The van der Waals surface area contributed by atoms with E-state index in [4.69, 9.17) is 12.2 Å². The maximum atomic E-state index is 11.1. The molecule has 3 heterocycles. The lowest BCUT2D eigenvalue weighted by molar-refractivity contribution is -0.384. The number of non-ortho nitro benzene ring substituents is 1. The number of hydrogen-bond acceptors (Lipinski definition) is 4. The van der Waals surface area contributed by atoms with Gasteiger partial charge in [0.15, 0.2) is 5.11 Å². The van der Waals surface area contributed by atoms with Gasteiger partial charge in [0.1, 0.15) is 6.04 Å². The maximum absolute atomic E-state index is 11.1. The lowest BCUT2D eigenvalue weighted by Gasteiger charge is -2.29. The Kier molecular flexibility index (Phi) is 6.05. The summed E-state index contributed by atoms with van der Waals surface area (Å²) in [5, 5.41) is 15.3. The van der Waals surface area contributed by atoms with Gasteiger partial charge < -0.3 is 14.8 Å². The smallest absolute Gasteiger partial charge is 0.269 e. The van der Waals surface area contributed by atoms with Crippen LogP contribution in [0.15, 0.2) is 91.3 Å². The molecule has 1 aliphatic rings. The third kappa shape index (κ3) is 4.28. The van der Waals surface area contributed by atoms with E-state index in [2.05, 4.69) is 63.9 Å². The lowest BCUT2D eigenvalue weighted by Crippen LogP contribution is -2.30. The third-order valence-electron chi connectivity index (χ3n) is 6.36. The van der Waals surface area contributed by atoms with Crippen molar-refractivity contribution in [2.75, 3.05) is 4.90 Å². The van der Waals surface area contributed by atoms with Gasteiger partial charge >= 0.3 is 0 Å². The van der Waals surface area contributed by atoms with Crippen LogP contribution in [0.5, 0.6) is 0 Å². The SMILES string of the molecule is CC(C)c1ccc(N2C(=S)N[C@H](c3ccccn3)[C@H]2c2cccn2-c2ccc([N+](=O)[O-])cc2)cc1. The molecular formula is C27H25N5O2S. The second-order valence-electron chi connectivity index (χ2n) is 8.82. The summed E-state index contributed by atoms with van der Waals surface area (Å²) >= 11 is 5.84. The highest BCUT2D eigenvalue weighted by atomic mass is 32.1. The Morgan fingerprint density at radius 3 is 2.31 bits per heavy atom. The first-order valence-corrected chi connectivity index (χ1v) is 11.9. The van der Waals surface area contributed by atoms with Crippen molar-refractivity contribution in [3.05, 3.63) is 118 Å². The van der Waals surface area contributed by atoms with E-state index >= 15 is 0 Å². The molecule has 0 aliphatic carbocycles. The quantitative estimate of drug-likeness (QED) is 0.203. The van der Waals surface area contributed by atoms with Gasteiger partial charge in [-0.05, 0) is 72.2 Å². The highest BCUT2D eigenvalue weighted by Crippen LogP contribution is 2.42. The molecule has 2 aromatic carbocycles. The number of nitrogens with zero attached hydrogens (tertiary/aromatic N) is 4. The molecule has 1 N–H and O–H groups in total. The molecule has 7 nitrogen and oxygen atoms in total. The van der Waals surface area contributed by atoms with E-state index in [1.165, 1.54) is 17.7 Å². The molecule has 4 aromatic rings. The average Bonchev–Trinajstić information content (AvgIpc) is 3.49. The number of anilines is 1. The van der Waals surface area contributed by atoms with Gasteiger partial charge in [0, 0.05) is 41.6 Å². The monoisotopic (exact) mass is 483 g/mol. The van der Waals surface area contributed by atoms with Crippen molar-refractivity contribution in [1.29, 1.82) is 0 Å². The minimum atomic E-state index is -0.390. The Labute approximate surface area is 209 Å². The van der Waals surface area contributed by atoms with Crippen molar-refractivity contribution in [1.82, 2.24) is 14.9 Å². The topological polar surface area (TPSA) is 76.2 Å².